The SMILES string of the molecule is CO[C@H]1CC[C@H](C(C)(C)C(C)=O)CC1. The summed E-state index contributed by atoms with van der Waals surface area (Å²) in [5.74, 6) is 0.866. The Labute approximate surface area is 87.0 Å². The van der Waals surface area contributed by atoms with Crippen molar-refractivity contribution in [3.63, 3.8) is 0 Å². The molecule has 0 spiro atoms. The fourth-order valence-corrected chi connectivity index (χ4v) is 2.31. The molecule has 0 aromatic rings. The van der Waals surface area contributed by atoms with E-state index in [2.05, 4.69) is 13.8 Å². The average molecular weight is 198 g/mol. The van der Waals surface area contributed by atoms with Gasteiger partial charge >= 0.3 is 0 Å². The molecule has 0 atom stereocenters. The number of hydrogen-bond donors (Lipinski definition) is 0. The molecule has 0 aromatic heterocycles. The average Bonchev–Trinajstić information content (AvgIpc) is 2.17. The van der Waals surface area contributed by atoms with Crippen LogP contribution in [0.1, 0.15) is 46.5 Å². The third-order valence-electron chi connectivity index (χ3n) is 3.94. The third-order valence-corrected chi connectivity index (χ3v) is 3.94. The molecule has 0 bridgehead atoms. The molecule has 0 aromatic carbocycles. The fraction of sp³-hybridized carbons (Fsp3) is 0.917. The molecular weight excluding hydrogens is 176 g/mol. The van der Waals surface area contributed by atoms with Crippen LogP contribution >= 0.6 is 0 Å². The van der Waals surface area contributed by atoms with Crippen molar-refractivity contribution < 1.29 is 9.53 Å². The van der Waals surface area contributed by atoms with Crippen molar-refractivity contribution in [3.8, 4) is 0 Å². The molecular formula is C12H22O2. The standard InChI is InChI=1S/C12H22O2/c1-9(13)12(2,3)10-5-7-11(14-4)8-6-10/h10-11H,5-8H2,1-4H3/t10-,11-. The van der Waals surface area contributed by atoms with Gasteiger partial charge in [0.2, 0.25) is 0 Å². The first kappa shape index (κ1) is 11.7. The van der Waals surface area contributed by atoms with Gasteiger partial charge in [-0.3, -0.25) is 4.79 Å². The van der Waals surface area contributed by atoms with Crippen LogP contribution in [0, 0.1) is 11.3 Å². The lowest BCUT2D eigenvalue weighted by Crippen LogP contribution is -2.35. The van der Waals surface area contributed by atoms with E-state index in [9.17, 15) is 4.79 Å². The number of ketones is 1. The van der Waals surface area contributed by atoms with Crippen LogP contribution in [-0.4, -0.2) is 19.0 Å². The van der Waals surface area contributed by atoms with Crippen molar-refractivity contribution in [2.75, 3.05) is 7.11 Å². The van der Waals surface area contributed by atoms with Crippen molar-refractivity contribution in [1.29, 1.82) is 0 Å². The van der Waals surface area contributed by atoms with E-state index in [4.69, 9.17) is 4.74 Å². The summed E-state index contributed by atoms with van der Waals surface area (Å²) in [5.41, 5.74) is -0.140. The monoisotopic (exact) mass is 198 g/mol. The number of carbonyl (C=O) groups excluding carboxylic acids is 1. The Morgan fingerprint density at radius 1 is 1.21 bits per heavy atom. The molecule has 0 heterocycles. The number of ether oxygens (including phenoxy) is 1. The molecule has 1 aliphatic carbocycles. The summed E-state index contributed by atoms with van der Waals surface area (Å²) in [7, 11) is 1.78. The lowest BCUT2D eigenvalue weighted by molar-refractivity contribution is -0.128. The summed E-state index contributed by atoms with van der Waals surface area (Å²) in [6, 6.07) is 0. The highest BCUT2D eigenvalue weighted by Gasteiger charge is 2.36. The highest BCUT2D eigenvalue weighted by atomic mass is 16.5. The number of methoxy groups -OCH3 is 1. The second-order valence-corrected chi connectivity index (χ2v) is 4.99. The van der Waals surface area contributed by atoms with Gasteiger partial charge in [0.05, 0.1) is 6.10 Å². The molecule has 2 nitrogen and oxygen atoms in total. The second kappa shape index (κ2) is 4.43. The number of rotatable bonds is 3. The minimum absolute atomic E-state index is 0.140. The zero-order chi connectivity index (χ0) is 10.8. The highest BCUT2D eigenvalue weighted by molar-refractivity contribution is 5.81. The third kappa shape index (κ3) is 2.35. The first-order chi connectivity index (χ1) is 6.48. The van der Waals surface area contributed by atoms with Crippen LogP contribution in [0.3, 0.4) is 0 Å². The minimum atomic E-state index is -0.140. The van der Waals surface area contributed by atoms with Crippen LogP contribution in [0.15, 0.2) is 0 Å². The van der Waals surface area contributed by atoms with Gasteiger partial charge in [-0.15, -0.1) is 0 Å². The Kier molecular flexibility index (Phi) is 3.71. The summed E-state index contributed by atoms with van der Waals surface area (Å²) in [4.78, 5) is 11.5. The number of Topliss-reactive ketones (excluding diaryl/α,β-unsaturated/α-hetero) is 1. The molecule has 1 saturated carbocycles. The lowest BCUT2D eigenvalue weighted by Gasteiger charge is -2.37. The van der Waals surface area contributed by atoms with Gasteiger partial charge in [-0.25, -0.2) is 0 Å². The smallest absolute Gasteiger partial charge is 0.135 e. The van der Waals surface area contributed by atoms with Crippen molar-refractivity contribution in [2.45, 2.75) is 52.6 Å². The summed E-state index contributed by atoms with van der Waals surface area (Å²) in [6.45, 7) is 5.86. The maximum atomic E-state index is 11.5. The molecule has 1 rings (SSSR count). The van der Waals surface area contributed by atoms with Gasteiger partial charge in [0.25, 0.3) is 0 Å². The second-order valence-electron chi connectivity index (χ2n) is 4.99. The first-order valence-corrected chi connectivity index (χ1v) is 5.52. The number of hydrogen-bond acceptors (Lipinski definition) is 2. The largest absolute Gasteiger partial charge is 0.381 e. The van der Waals surface area contributed by atoms with E-state index in [1.807, 2.05) is 0 Å². The number of carbonyl (C=O) groups is 1. The van der Waals surface area contributed by atoms with Gasteiger partial charge < -0.3 is 4.74 Å². The molecule has 1 aliphatic rings. The quantitative estimate of drug-likeness (QED) is 0.697. The van der Waals surface area contributed by atoms with E-state index < -0.39 is 0 Å². The van der Waals surface area contributed by atoms with Crippen molar-refractivity contribution in [2.24, 2.45) is 11.3 Å². The first-order valence-electron chi connectivity index (χ1n) is 5.52. The van der Waals surface area contributed by atoms with Crippen molar-refractivity contribution in [3.05, 3.63) is 0 Å². The Bertz CT molecular complexity index is 200. The maximum absolute atomic E-state index is 11.5. The normalized spacial score (nSPS) is 28.9. The molecule has 2 heteroatoms. The van der Waals surface area contributed by atoms with Gasteiger partial charge in [-0.05, 0) is 38.5 Å². The zero-order valence-corrected chi connectivity index (χ0v) is 9.80. The van der Waals surface area contributed by atoms with Crippen LogP contribution in [0.5, 0.6) is 0 Å². The summed E-state index contributed by atoms with van der Waals surface area (Å²) in [5, 5.41) is 0. The van der Waals surface area contributed by atoms with E-state index in [1.165, 1.54) is 0 Å². The summed E-state index contributed by atoms with van der Waals surface area (Å²) < 4.78 is 5.33. The van der Waals surface area contributed by atoms with Crippen molar-refractivity contribution >= 4 is 5.78 Å². The molecule has 0 aliphatic heterocycles. The van der Waals surface area contributed by atoms with Crippen molar-refractivity contribution in [1.82, 2.24) is 0 Å². The molecule has 82 valence electrons. The maximum Gasteiger partial charge on any atom is 0.135 e. The Hall–Kier alpha value is -0.370. The molecule has 0 amide bonds. The summed E-state index contributed by atoms with van der Waals surface area (Å²) in [6.07, 6.45) is 4.90. The van der Waals surface area contributed by atoms with E-state index >= 15 is 0 Å². The molecule has 0 saturated heterocycles. The van der Waals surface area contributed by atoms with Gasteiger partial charge in [0.15, 0.2) is 0 Å². The Morgan fingerprint density at radius 2 is 1.71 bits per heavy atom. The van der Waals surface area contributed by atoms with E-state index in [1.54, 1.807) is 14.0 Å². The highest BCUT2D eigenvalue weighted by Crippen LogP contribution is 2.39. The zero-order valence-electron chi connectivity index (χ0n) is 9.80. The summed E-state index contributed by atoms with van der Waals surface area (Å²) >= 11 is 0. The van der Waals surface area contributed by atoms with Crippen LogP contribution in [-0.2, 0) is 9.53 Å². The van der Waals surface area contributed by atoms with Gasteiger partial charge in [0.1, 0.15) is 5.78 Å². The van der Waals surface area contributed by atoms with Gasteiger partial charge in [0, 0.05) is 12.5 Å². The molecule has 0 N–H and O–H groups in total. The fourth-order valence-electron chi connectivity index (χ4n) is 2.31. The Balaban J connectivity index is 2.53. The topological polar surface area (TPSA) is 26.3 Å². The molecule has 1 fully saturated rings. The molecule has 0 radical (unpaired) electrons. The van der Waals surface area contributed by atoms with Gasteiger partial charge in [-0.1, -0.05) is 13.8 Å². The van der Waals surface area contributed by atoms with E-state index in [0.29, 0.717) is 17.8 Å². The van der Waals surface area contributed by atoms with Gasteiger partial charge in [-0.2, -0.15) is 0 Å². The Morgan fingerprint density at radius 3 is 2.07 bits per heavy atom. The van der Waals surface area contributed by atoms with Crippen LogP contribution in [0.25, 0.3) is 0 Å². The van der Waals surface area contributed by atoms with E-state index in [-0.39, 0.29) is 5.41 Å². The molecule has 14 heavy (non-hydrogen) atoms. The molecule has 0 unspecified atom stereocenters. The van der Waals surface area contributed by atoms with Crippen LogP contribution < -0.4 is 0 Å². The predicted octanol–water partition coefficient (Wildman–Crippen LogP) is 2.81. The van der Waals surface area contributed by atoms with Crippen LogP contribution in [0.2, 0.25) is 0 Å². The van der Waals surface area contributed by atoms with Crippen LogP contribution in [0.4, 0.5) is 0 Å². The lowest BCUT2D eigenvalue weighted by atomic mass is 9.68. The minimum Gasteiger partial charge on any atom is -0.381 e. The predicted molar refractivity (Wildman–Crippen MR) is 57.2 cm³/mol. The van der Waals surface area contributed by atoms with E-state index in [0.717, 1.165) is 25.7 Å².